The van der Waals surface area contributed by atoms with Gasteiger partial charge in [-0.1, -0.05) is 71.9 Å². The number of nitrogens with zero attached hydrogens (tertiary/aromatic N) is 1. The molecule has 0 bridgehead atoms. The topological polar surface area (TPSA) is 55.4 Å². The number of amides is 1. The largest absolute Gasteiger partial charge is 0.457 e. The maximum Gasteiger partial charge on any atom is 0.362 e. The summed E-state index contributed by atoms with van der Waals surface area (Å²) in [6, 6.07) is 9.70. The van der Waals surface area contributed by atoms with Gasteiger partial charge in [0, 0.05) is 18.9 Å². The lowest BCUT2D eigenvalue weighted by atomic mass is 9.71. The van der Waals surface area contributed by atoms with E-state index in [1.165, 1.54) is 0 Å². The third-order valence-electron chi connectivity index (χ3n) is 5.77. The molecule has 1 atom stereocenters. The molecule has 176 valence electrons. The summed E-state index contributed by atoms with van der Waals surface area (Å²) in [4.78, 5) is 25.4. The molecule has 1 aromatic carbocycles. The number of ether oxygens (including phenoxy) is 1. The Balaban J connectivity index is 1.84. The number of hydrogen-bond donors (Lipinski definition) is 1. The van der Waals surface area contributed by atoms with Crippen LogP contribution < -0.4 is 5.32 Å². The van der Waals surface area contributed by atoms with Gasteiger partial charge in [0.15, 0.2) is 6.54 Å². The van der Waals surface area contributed by atoms with E-state index in [0.29, 0.717) is 11.0 Å². The highest BCUT2D eigenvalue weighted by Gasteiger charge is 2.34. The average Bonchev–Trinajstić information content (AvgIpc) is 3.15. The van der Waals surface area contributed by atoms with Crippen molar-refractivity contribution in [2.75, 3.05) is 19.6 Å². The first-order valence-corrected chi connectivity index (χ1v) is 11.6. The van der Waals surface area contributed by atoms with Crippen LogP contribution in [0.2, 0.25) is 0 Å². The molecule has 1 aromatic rings. The van der Waals surface area contributed by atoms with E-state index in [4.69, 9.17) is 4.74 Å². The predicted octanol–water partition coefficient (Wildman–Crippen LogP) is 5.19. The van der Waals surface area contributed by atoms with Crippen LogP contribution >= 0.6 is 0 Å². The molecule has 0 spiro atoms. The Morgan fingerprint density at radius 2 is 1.62 bits per heavy atom. The molecule has 1 aliphatic rings. The number of benzene rings is 1. The molecule has 5 nitrogen and oxygen atoms in total. The average molecular weight is 442 g/mol. The van der Waals surface area contributed by atoms with Crippen LogP contribution in [0.4, 0.5) is 0 Å². The third-order valence-corrected chi connectivity index (χ3v) is 5.77. The number of quaternary nitrogens is 1. The van der Waals surface area contributed by atoms with Crippen molar-refractivity contribution in [3.63, 3.8) is 0 Å². The molecule has 0 saturated carbocycles. The van der Waals surface area contributed by atoms with Crippen molar-refractivity contribution in [1.82, 2.24) is 5.32 Å². The van der Waals surface area contributed by atoms with E-state index >= 15 is 0 Å². The maximum atomic E-state index is 12.9. The van der Waals surface area contributed by atoms with Crippen LogP contribution in [-0.4, -0.2) is 36.0 Å². The van der Waals surface area contributed by atoms with Crippen molar-refractivity contribution in [1.29, 1.82) is 0 Å². The number of nitrogens with one attached hydrogen (secondary N) is 1. The standard InChI is InChI=1S/C27H40N2O3/c1-26(2,3)19-23(27(4,5)6)25(31)28-15-12-18-29(16-10-11-17-29)20-24(30)32-21-22-13-8-7-9-14-22/h7-11,13-14,16-17,23H,12,15,18-21H2,1-6H3/p+1. The zero-order valence-corrected chi connectivity index (χ0v) is 20.7. The van der Waals surface area contributed by atoms with Crippen LogP contribution in [0, 0.1) is 16.7 Å². The number of esters is 1. The first-order chi connectivity index (χ1) is 14.9. The van der Waals surface area contributed by atoms with E-state index in [-0.39, 0.29) is 41.8 Å². The first-order valence-electron chi connectivity index (χ1n) is 11.6. The second-order valence-electron chi connectivity index (χ2n) is 11.1. The van der Waals surface area contributed by atoms with Crippen molar-refractivity contribution in [2.24, 2.45) is 16.7 Å². The summed E-state index contributed by atoms with van der Waals surface area (Å²) in [6.07, 6.45) is 9.58. The van der Waals surface area contributed by atoms with Gasteiger partial charge < -0.3 is 10.1 Å². The molecule has 0 aromatic heterocycles. The van der Waals surface area contributed by atoms with Gasteiger partial charge in [-0.05, 0) is 35.0 Å². The summed E-state index contributed by atoms with van der Waals surface area (Å²) < 4.78 is 5.91. The summed E-state index contributed by atoms with van der Waals surface area (Å²) in [5.41, 5.74) is 0.982. The monoisotopic (exact) mass is 441 g/mol. The summed E-state index contributed by atoms with van der Waals surface area (Å²) in [5, 5.41) is 3.14. The Kier molecular flexibility index (Phi) is 8.85. The second kappa shape index (κ2) is 11.0. The van der Waals surface area contributed by atoms with Crippen LogP contribution in [0.1, 0.15) is 59.9 Å². The van der Waals surface area contributed by atoms with Gasteiger partial charge >= 0.3 is 5.97 Å². The SMILES string of the molecule is CC(C)(C)CC(C(=O)NCCC[N+]1(CC(=O)OCc2ccccc2)C=CC=C1)C(C)(C)C. The van der Waals surface area contributed by atoms with Crippen molar-refractivity contribution in [2.45, 2.75) is 61.0 Å². The van der Waals surface area contributed by atoms with Gasteiger partial charge in [0.05, 0.1) is 6.54 Å². The van der Waals surface area contributed by atoms with E-state index in [1.54, 1.807) is 0 Å². The summed E-state index contributed by atoms with van der Waals surface area (Å²) in [5.74, 6) is -0.147. The number of carbonyl (C=O) groups excluding carboxylic acids is 2. The summed E-state index contributed by atoms with van der Waals surface area (Å²) >= 11 is 0. The van der Waals surface area contributed by atoms with Gasteiger partial charge in [0.2, 0.25) is 5.91 Å². The van der Waals surface area contributed by atoms with Crippen LogP contribution in [0.3, 0.4) is 0 Å². The molecule has 1 amide bonds. The Morgan fingerprint density at radius 3 is 2.19 bits per heavy atom. The molecule has 0 aliphatic carbocycles. The fourth-order valence-electron chi connectivity index (χ4n) is 3.96. The smallest absolute Gasteiger partial charge is 0.362 e. The quantitative estimate of drug-likeness (QED) is 0.309. The fraction of sp³-hybridized carbons (Fsp3) is 0.556. The predicted molar refractivity (Wildman–Crippen MR) is 129 cm³/mol. The molecule has 2 rings (SSSR count). The zero-order valence-electron chi connectivity index (χ0n) is 20.7. The Bertz CT molecular complexity index is 802. The number of allylic oxidation sites excluding steroid dienone is 2. The van der Waals surface area contributed by atoms with Crippen LogP contribution in [-0.2, 0) is 20.9 Å². The van der Waals surface area contributed by atoms with Gasteiger partial charge in [-0.2, -0.15) is 0 Å². The van der Waals surface area contributed by atoms with Gasteiger partial charge in [-0.25, -0.2) is 4.79 Å². The minimum Gasteiger partial charge on any atom is -0.457 e. The molecule has 0 saturated heterocycles. The van der Waals surface area contributed by atoms with E-state index in [2.05, 4.69) is 46.9 Å². The van der Waals surface area contributed by atoms with Crippen molar-refractivity contribution in [3.8, 4) is 0 Å². The minimum atomic E-state index is -0.230. The fourth-order valence-corrected chi connectivity index (χ4v) is 3.96. The molecule has 0 radical (unpaired) electrons. The van der Waals surface area contributed by atoms with Gasteiger partial charge in [-0.3, -0.25) is 9.28 Å². The van der Waals surface area contributed by atoms with Crippen LogP contribution in [0.5, 0.6) is 0 Å². The maximum absolute atomic E-state index is 12.9. The van der Waals surface area contributed by atoms with Crippen LogP contribution in [0.25, 0.3) is 0 Å². The van der Waals surface area contributed by atoms with E-state index in [0.717, 1.165) is 24.9 Å². The number of carbonyl (C=O) groups is 2. The lowest BCUT2D eigenvalue weighted by Crippen LogP contribution is -2.44. The van der Waals surface area contributed by atoms with Crippen molar-refractivity contribution >= 4 is 11.9 Å². The Morgan fingerprint density at radius 1 is 1.00 bits per heavy atom. The van der Waals surface area contributed by atoms with Gasteiger partial charge in [0.1, 0.15) is 19.0 Å². The van der Waals surface area contributed by atoms with E-state index < -0.39 is 0 Å². The molecule has 1 N–H and O–H groups in total. The molecule has 32 heavy (non-hydrogen) atoms. The molecule has 1 aliphatic heterocycles. The molecule has 1 unspecified atom stereocenters. The van der Waals surface area contributed by atoms with Gasteiger partial charge in [-0.15, -0.1) is 0 Å². The summed E-state index contributed by atoms with van der Waals surface area (Å²) in [6.45, 7) is 14.8. The summed E-state index contributed by atoms with van der Waals surface area (Å²) in [7, 11) is 0. The first kappa shape index (κ1) is 25.9. The van der Waals surface area contributed by atoms with Crippen molar-refractivity contribution in [3.05, 3.63) is 60.4 Å². The zero-order chi connectivity index (χ0) is 23.8. The minimum absolute atomic E-state index is 0.0369. The van der Waals surface area contributed by atoms with Crippen LogP contribution in [0.15, 0.2) is 54.9 Å². The highest BCUT2D eigenvalue weighted by Crippen LogP contribution is 2.36. The third kappa shape index (κ3) is 8.62. The normalized spacial score (nSPS) is 16.1. The molecular formula is C27H41N2O3+. The lowest BCUT2D eigenvalue weighted by molar-refractivity contribution is -0.818. The number of rotatable bonds is 10. The Labute approximate surface area is 194 Å². The molecular weight excluding hydrogens is 400 g/mol. The van der Waals surface area contributed by atoms with E-state index in [1.807, 2.05) is 54.9 Å². The van der Waals surface area contributed by atoms with Crippen molar-refractivity contribution < 1.29 is 18.8 Å². The highest BCUT2D eigenvalue weighted by atomic mass is 16.5. The van der Waals surface area contributed by atoms with Gasteiger partial charge in [0.25, 0.3) is 0 Å². The molecule has 0 fully saturated rings. The molecule has 5 heteroatoms. The molecule has 1 heterocycles. The Hall–Kier alpha value is -2.40. The highest BCUT2D eigenvalue weighted by molar-refractivity contribution is 5.79. The lowest BCUT2D eigenvalue weighted by Gasteiger charge is -2.34. The van der Waals surface area contributed by atoms with E-state index in [9.17, 15) is 9.59 Å². The second-order valence-corrected chi connectivity index (χ2v) is 11.1. The number of hydrogen-bond acceptors (Lipinski definition) is 3.